The maximum atomic E-state index is 5.44. The van der Waals surface area contributed by atoms with E-state index in [1.54, 1.807) is 0 Å². The Balaban J connectivity index is 1.62. The van der Waals surface area contributed by atoms with Crippen molar-refractivity contribution >= 4 is 16.9 Å². The highest BCUT2D eigenvalue weighted by atomic mass is 32.2. The summed E-state index contributed by atoms with van der Waals surface area (Å²) in [5.41, 5.74) is 0.306. The van der Waals surface area contributed by atoms with Crippen LogP contribution in [0.2, 0.25) is 0 Å². The van der Waals surface area contributed by atoms with E-state index in [0.29, 0.717) is 11.6 Å². The van der Waals surface area contributed by atoms with Gasteiger partial charge in [0, 0.05) is 19.0 Å². The van der Waals surface area contributed by atoms with E-state index in [9.17, 15) is 0 Å². The van der Waals surface area contributed by atoms with E-state index >= 15 is 0 Å². The van der Waals surface area contributed by atoms with Crippen LogP contribution in [0, 0.1) is 0 Å². The summed E-state index contributed by atoms with van der Waals surface area (Å²) in [5.74, 6) is 1.18. The second-order valence-electron chi connectivity index (χ2n) is 5.18. The molecule has 0 amide bonds. The van der Waals surface area contributed by atoms with Crippen molar-refractivity contribution in [2.45, 2.75) is 50.1 Å². The molecule has 2 heterocycles. The first kappa shape index (κ1) is 10.9. The third-order valence-electron chi connectivity index (χ3n) is 3.93. The number of aliphatic imine (C=N–C) groups is 1. The normalized spacial score (nSPS) is 32.4. The maximum Gasteiger partial charge on any atom is 0.157 e. The molecule has 3 aliphatic rings. The van der Waals surface area contributed by atoms with Crippen molar-refractivity contribution < 1.29 is 4.74 Å². The maximum absolute atomic E-state index is 5.44. The SMILES string of the molecule is C1CCC(N=C2NC3(CCOCC3)CS2)C1. The number of rotatable bonds is 1. The molecule has 2 aliphatic heterocycles. The van der Waals surface area contributed by atoms with Gasteiger partial charge >= 0.3 is 0 Å². The van der Waals surface area contributed by atoms with Gasteiger partial charge in [-0.15, -0.1) is 0 Å². The Hall–Kier alpha value is -0.220. The second-order valence-corrected chi connectivity index (χ2v) is 6.14. The standard InChI is InChI=1S/C12H20N2OS/c1-2-4-10(3-1)13-11-14-12(9-16-11)5-7-15-8-6-12/h10H,1-9H2,(H,13,14). The number of thioether (sulfide) groups is 1. The molecule has 0 aromatic rings. The topological polar surface area (TPSA) is 33.6 Å². The lowest BCUT2D eigenvalue weighted by Gasteiger charge is -2.32. The number of hydrogen-bond donors (Lipinski definition) is 1. The average Bonchev–Trinajstić information content (AvgIpc) is 2.92. The zero-order valence-electron chi connectivity index (χ0n) is 9.71. The van der Waals surface area contributed by atoms with Crippen LogP contribution in [0.25, 0.3) is 0 Å². The van der Waals surface area contributed by atoms with E-state index in [0.717, 1.165) is 26.1 Å². The van der Waals surface area contributed by atoms with Crippen LogP contribution in [-0.4, -0.2) is 35.7 Å². The smallest absolute Gasteiger partial charge is 0.157 e. The van der Waals surface area contributed by atoms with Gasteiger partial charge in [-0.1, -0.05) is 24.6 Å². The molecule has 90 valence electrons. The Labute approximate surface area is 101 Å². The molecule has 1 spiro atoms. The van der Waals surface area contributed by atoms with E-state index in [1.807, 2.05) is 11.8 Å². The van der Waals surface area contributed by atoms with Crippen molar-refractivity contribution in [2.24, 2.45) is 4.99 Å². The van der Waals surface area contributed by atoms with E-state index in [1.165, 1.54) is 36.6 Å². The van der Waals surface area contributed by atoms with E-state index in [2.05, 4.69) is 5.32 Å². The molecule has 1 aliphatic carbocycles. The van der Waals surface area contributed by atoms with Crippen LogP contribution in [0.15, 0.2) is 4.99 Å². The van der Waals surface area contributed by atoms with Gasteiger partial charge in [-0.3, -0.25) is 4.99 Å². The van der Waals surface area contributed by atoms with Gasteiger partial charge in [0.15, 0.2) is 5.17 Å². The third-order valence-corrected chi connectivity index (χ3v) is 5.11. The highest BCUT2D eigenvalue weighted by Crippen LogP contribution is 2.33. The molecule has 0 bridgehead atoms. The van der Waals surface area contributed by atoms with Gasteiger partial charge < -0.3 is 10.1 Å². The second kappa shape index (κ2) is 4.57. The predicted octanol–water partition coefficient (Wildman–Crippen LogP) is 2.17. The van der Waals surface area contributed by atoms with Gasteiger partial charge in [0.2, 0.25) is 0 Å². The Morgan fingerprint density at radius 3 is 2.75 bits per heavy atom. The summed E-state index contributed by atoms with van der Waals surface area (Å²) >= 11 is 1.92. The Morgan fingerprint density at radius 1 is 1.25 bits per heavy atom. The number of nitrogens with one attached hydrogen (secondary N) is 1. The van der Waals surface area contributed by atoms with Gasteiger partial charge in [-0.2, -0.15) is 0 Å². The zero-order chi connectivity index (χ0) is 10.8. The molecule has 1 saturated carbocycles. The first-order valence-corrected chi connectivity index (χ1v) is 7.41. The van der Waals surface area contributed by atoms with E-state index < -0.39 is 0 Å². The number of hydrogen-bond acceptors (Lipinski definition) is 3. The first-order chi connectivity index (χ1) is 7.86. The molecule has 2 saturated heterocycles. The minimum Gasteiger partial charge on any atom is -0.381 e. The number of nitrogens with zero attached hydrogens (tertiary/aromatic N) is 1. The van der Waals surface area contributed by atoms with Crippen molar-refractivity contribution in [2.75, 3.05) is 19.0 Å². The summed E-state index contributed by atoms with van der Waals surface area (Å²) in [5, 5.41) is 4.87. The molecular formula is C12H20N2OS. The molecule has 0 aromatic carbocycles. The van der Waals surface area contributed by atoms with Crippen LogP contribution in [0.3, 0.4) is 0 Å². The van der Waals surface area contributed by atoms with Crippen LogP contribution < -0.4 is 5.32 Å². The van der Waals surface area contributed by atoms with Crippen LogP contribution in [0.1, 0.15) is 38.5 Å². The quantitative estimate of drug-likeness (QED) is 0.762. The molecule has 0 atom stereocenters. The van der Waals surface area contributed by atoms with Crippen LogP contribution in [0.5, 0.6) is 0 Å². The summed E-state index contributed by atoms with van der Waals surface area (Å²) in [7, 11) is 0. The summed E-state index contributed by atoms with van der Waals surface area (Å²) in [6.07, 6.45) is 7.60. The minimum absolute atomic E-state index is 0.306. The molecule has 4 heteroatoms. The van der Waals surface area contributed by atoms with Crippen molar-refractivity contribution in [3.05, 3.63) is 0 Å². The van der Waals surface area contributed by atoms with Crippen molar-refractivity contribution in [1.82, 2.24) is 5.32 Å². The Bertz CT molecular complexity index is 281. The van der Waals surface area contributed by atoms with E-state index in [-0.39, 0.29) is 0 Å². The molecule has 3 nitrogen and oxygen atoms in total. The highest BCUT2D eigenvalue weighted by molar-refractivity contribution is 8.14. The average molecular weight is 240 g/mol. The van der Waals surface area contributed by atoms with E-state index in [4.69, 9.17) is 9.73 Å². The van der Waals surface area contributed by atoms with Gasteiger partial charge in [-0.05, 0) is 25.7 Å². The highest BCUT2D eigenvalue weighted by Gasteiger charge is 2.38. The number of amidine groups is 1. The fourth-order valence-corrected chi connectivity index (χ4v) is 4.09. The monoisotopic (exact) mass is 240 g/mol. The van der Waals surface area contributed by atoms with Gasteiger partial charge in [0.05, 0.1) is 11.6 Å². The lowest BCUT2D eigenvalue weighted by Crippen LogP contribution is -2.48. The Morgan fingerprint density at radius 2 is 2.00 bits per heavy atom. The molecule has 0 aromatic heterocycles. The van der Waals surface area contributed by atoms with Crippen molar-refractivity contribution in [1.29, 1.82) is 0 Å². The van der Waals surface area contributed by atoms with Crippen LogP contribution in [-0.2, 0) is 4.74 Å². The van der Waals surface area contributed by atoms with Gasteiger partial charge in [0.1, 0.15) is 0 Å². The first-order valence-electron chi connectivity index (χ1n) is 6.43. The molecule has 1 N–H and O–H groups in total. The molecule has 3 fully saturated rings. The zero-order valence-corrected chi connectivity index (χ0v) is 10.5. The summed E-state index contributed by atoms with van der Waals surface area (Å²) in [4.78, 5) is 4.85. The summed E-state index contributed by atoms with van der Waals surface area (Å²) in [6.45, 7) is 1.81. The fourth-order valence-electron chi connectivity index (χ4n) is 2.81. The molecule has 3 rings (SSSR count). The summed E-state index contributed by atoms with van der Waals surface area (Å²) < 4.78 is 5.44. The molecular weight excluding hydrogens is 220 g/mol. The lowest BCUT2D eigenvalue weighted by atomic mass is 9.93. The van der Waals surface area contributed by atoms with Gasteiger partial charge in [-0.25, -0.2) is 0 Å². The van der Waals surface area contributed by atoms with Crippen LogP contribution in [0.4, 0.5) is 0 Å². The van der Waals surface area contributed by atoms with Crippen molar-refractivity contribution in [3.8, 4) is 0 Å². The lowest BCUT2D eigenvalue weighted by molar-refractivity contribution is 0.0555. The fraction of sp³-hybridized carbons (Fsp3) is 0.917. The number of ether oxygens (including phenoxy) is 1. The predicted molar refractivity (Wildman–Crippen MR) is 68.1 cm³/mol. The van der Waals surface area contributed by atoms with Crippen LogP contribution >= 0.6 is 11.8 Å². The van der Waals surface area contributed by atoms with Gasteiger partial charge in [0.25, 0.3) is 0 Å². The third kappa shape index (κ3) is 2.23. The van der Waals surface area contributed by atoms with Crippen molar-refractivity contribution in [3.63, 3.8) is 0 Å². The Kier molecular flexibility index (Phi) is 3.11. The molecule has 0 radical (unpaired) electrons. The minimum atomic E-state index is 0.306. The molecule has 16 heavy (non-hydrogen) atoms. The molecule has 0 unspecified atom stereocenters. The summed E-state index contributed by atoms with van der Waals surface area (Å²) in [6, 6.07) is 0.602. The largest absolute Gasteiger partial charge is 0.381 e.